The van der Waals surface area contributed by atoms with E-state index >= 15 is 0 Å². The number of para-hydroxylation sites is 1. The van der Waals surface area contributed by atoms with Crippen LogP contribution in [-0.2, 0) is 9.53 Å². The highest BCUT2D eigenvalue weighted by Gasteiger charge is 2.31. The molecule has 1 atom stereocenters. The van der Waals surface area contributed by atoms with Gasteiger partial charge in [0.05, 0.1) is 13.2 Å². The molecule has 0 amide bonds. The summed E-state index contributed by atoms with van der Waals surface area (Å²) in [5.41, 5.74) is 0.0923. The largest absolute Gasteiger partial charge is 0.468 e. The van der Waals surface area contributed by atoms with Crippen molar-refractivity contribution < 1.29 is 13.9 Å². The van der Waals surface area contributed by atoms with Crippen molar-refractivity contribution in [1.82, 2.24) is 5.32 Å². The number of fused-ring (bicyclic) bond motifs is 1. The van der Waals surface area contributed by atoms with E-state index in [-0.39, 0.29) is 12.0 Å². The summed E-state index contributed by atoms with van der Waals surface area (Å²) >= 11 is 0. The van der Waals surface area contributed by atoms with Gasteiger partial charge in [-0.1, -0.05) is 18.2 Å². The Bertz CT molecular complexity index is 553. The van der Waals surface area contributed by atoms with Crippen molar-refractivity contribution in [3.05, 3.63) is 36.1 Å². The van der Waals surface area contributed by atoms with Gasteiger partial charge in [0.2, 0.25) is 0 Å². The Labute approximate surface area is 112 Å². The van der Waals surface area contributed by atoms with Crippen molar-refractivity contribution in [3.8, 4) is 0 Å². The summed E-state index contributed by atoms with van der Waals surface area (Å²) in [6, 6.07) is 9.74. The van der Waals surface area contributed by atoms with Gasteiger partial charge in [-0.2, -0.15) is 0 Å². The van der Waals surface area contributed by atoms with Crippen molar-refractivity contribution in [2.24, 2.45) is 0 Å². The Balaban J connectivity index is 2.20. The van der Waals surface area contributed by atoms with Gasteiger partial charge in [0.25, 0.3) is 0 Å². The van der Waals surface area contributed by atoms with Crippen LogP contribution in [0.15, 0.2) is 34.7 Å². The predicted octanol–water partition coefficient (Wildman–Crippen LogP) is 3.04. The molecule has 0 saturated carbocycles. The van der Waals surface area contributed by atoms with E-state index in [1.807, 2.05) is 37.3 Å². The molecule has 19 heavy (non-hydrogen) atoms. The van der Waals surface area contributed by atoms with Gasteiger partial charge >= 0.3 is 5.97 Å². The quantitative estimate of drug-likeness (QED) is 0.859. The number of esters is 1. The van der Waals surface area contributed by atoms with Crippen LogP contribution >= 0.6 is 0 Å². The van der Waals surface area contributed by atoms with Gasteiger partial charge < -0.3 is 9.15 Å². The van der Waals surface area contributed by atoms with Gasteiger partial charge in [-0.15, -0.1) is 0 Å². The fourth-order valence-corrected chi connectivity index (χ4v) is 2.14. The molecule has 1 aromatic carbocycles. The molecule has 0 spiro atoms. The third kappa shape index (κ3) is 2.79. The van der Waals surface area contributed by atoms with Crippen molar-refractivity contribution in [2.75, 3.05) is 7.11 Å². The van der Waals surface area contributed by atoms with E-state index in [0.717, 1.165) is 16.7 Å². The lowest BCUT2D eigenvalue weighted by atomic mass is 10.0. The summed E-state index contributed by atoms with van der Waals surface area (Å²) in [4.78, 5) is 11.7. The maximum absolute atomic E-state index is 11.7. The molecule has 0 radical (unpaired) electrons. The Morgan fingerprint density at radius 2 is 2.05 bits per heavy atom. The topological polar surface area (TPSA) is 51.5 Å². The highest BCUT2D eigenvalue weighted by molar-refractivity contribution is 5.80. The van der Waals surface area contributed by atoms with Crippen molar-refractivity contribution in [3.63, 3.8) is 0 Å². The lowest BCUT2D eigenvalue weighted by Crippen LogP contribution is -2.48. The molecule has 1 aromatic heterocycles. The monoisotopic (exact) mass is 261 g/mol. The Kier molecular flexibility index (Phi) is 3.62. The molecule has 0 saturated heterocycles. The van der Waals surface area contributed by atoms with E-state index in [2.05, 4.69) is 5.32 Å². The number of benzene rings is 1. The highest BCUT2D eigenvalue weighted by atomic mass is 16.5. The molecule has 1 heterocycles. The number of methoxy groups -OCH3 is 1. The first-order chi connectivity index (χ1) is 8.94. The van der Waals surface area contributed by atoms with Crippen LogP contribution in [0.5, 0.6) is 0 Å². The number of rotatable bonds is 4. The molecule has 0 aliphatic carbocycles. The van der Waals surface area contributed by atoms with E-state index < -0.39 is 5.54 Å². The van der Waals surface area contributed by atoms with Crippen molar-refractivity contribution in [2.45, 2.75) is 32.4 Å². The summed E-state index contributed by atoms with van der Waals surface area (Å²) in [7, 11) is 1.39. The molecule has 102 valence electrons. The molecular formula is C15H19NO3. The first-order valence-corrected chi connectivity index (χ1v) is 6.28. The van der Waals surface area contributed by atoms with Gasteiger partial charge in [-0.25, -0.2) is 0 Å². The number of nitrogens with one attached hydrogen (secondary N) is 1. The Hall–Kier alpha value is -1.81. The van der Waals surface area contributed by atoms with Gasteiger partial charge in [0.1, 0.15) is 16.9 Å². The van der Waals surface area contributed by atoms with Crippen LogP contribution in [-0.4, -0.2) is 18.6 Å². The highest BCUT2D eigenvalue weighted by Crippen LogP contribution is 2.25. The van der Waals surface area contributed by atoms with Crippen LogP contribution < -0.4 is 5.32 Å². The maximum atomic E-state index is 11.7. The average molecular weight is 261 g/mol. The zero-order valence-corrected chi connectivity index (χ0v) is 11.7. The number of furan rings is 1. The van der Waals surface area contributed by atoms with E-state index in [1.54, 1.807) is 13.8 Å². The molecular weight excluding hydrogens is 242 g/mol. The maximum Gasteiger partial charge on any atom is 0.325 e. The molecule has 4 nitrogen and oxygen atoms in total. The van der Waals surface area contributed by atoms with Gasteiger partial charge in [-0.3, -0.25) is 10.1 Å². The fourth-order valence-electron chi connectivity index (χ4n) is 2.14. The molecule has 1 N–H and O–H groups in total. The first kappa shape index (κ1) is 13.6. The minimum atomic E-state index is -0.757. The minimum absolute atomic E-state index is 0.0819. The van der Waals surface area contributed by atoms with E-state index in [1.165, 1.54) is 7.11 Å². The van der Waals surface area contributed by atoms with Crippen molar-refractivity contribution in [1.29, 1.82) is 0 Å². The molecule has 2 rings (SSSR count). The van der Waals surface area contributed by atoms with Gasteiger partial charge in [0.15, 0.2) is 0 Å². The molecule has 0 aliphatic rings. The average Bonchev–Trinajstić information content (AvgIpc) is 2.81. The molecule has 1 unspecified atom stereocenters. The Morgan fingerprint density at radius 1 is 1.37 bits per heavy atom. The Morgan fingerprint density at radius 3 is 2.68 bits per heavy atom. The van der Waals surface area contributed by atoms with Crippen LogP contribution in [0, 0.1) is 0 Å². The van der Waals surface area contributed by atoms with Crippen LogP contribution in [0.2, 0.25) is 0 Å². The van der Waals surface area contributed by atoms with E-state index in [9.17, 15) is 4.79 Å². The summed E-state index contributed by atoms with van der Waals surface area (Å²) in [6.07, 6.45) is 0. The first-order valence-electron chi connectivity index (χ1n) is 6.28. The second-order valence-corrected chi connectivity index (χ2v) is 5.17. The van der Waals surface area contributed by atoms with Crippen LogP contribution in [0.4, 0.5) is 0 Å². The van der Waals surface area contributed by atoms with Crippen LogP contribution in [0.25, 0.3) is 11.0 Å². The van der Waals surface area contributed by atoms with Crippen LogP contribution in [0.1, 0.15) is 32.6 Å². The molecule has 0 aliphatic heterocycles. The van der Waals surface area contributed by atoms with Crippen molar-refractivity contribution >= 4 is 16.9 Å². The fraction of sp³-hybridized carbons (Fsp3) is 0.400. The number of ether oxygens (including phenoxy) is 1. The van der Waals surface area contributed by atoms with Crippen LogP contribution in [0.3, 0.4) is 0 Å². The SMILES string of the molecule is COC(=O)C(C)(C)NC(C)c1cc2ccccc2o1. The number of carbonyl (C=O) groups excluding carboxylic acids is 1. The summed E-state index contributed by atoms with van der Waals surface area (Å²) < 4.78 is 10.6. The zero-order chi connectivity index (χ0) is 14.0. The second kappa shape index (κ2) is 5.05. The molecule has 4 heteroatoms. The lowest BCUT2D eigenvalue weighted by molar-refractivity contribution is -0.147. The molecule has 2 aromatic rings. The summed E-state index contributed by atoms with van der Waals surface area (Å²) in [5, 5.41) is 4.27. The third-order valence-electron chi connectivity index (χ3n) is 3.14. The van der Waals surface area contributed by atoms with Gasteiger partial charge in [-0.05, 0) is 32.9 Å². The number of carbonyl (C=O) groups is 1. The van der Waals surface area contributed by atoms with Gasteiger partial charge in [0, 0.05) is 5.39 Å². The lowest BCUT2D eigenvalue weighted by Gasteiger charge is -2.26. The van der Waals surface area contributed by atoms with E-state index in [4.69, 9.17) is 9.15 Å². The summed E-state index contributed by atoms with van der Waals surface area (Å²) in [6.45, 7) is 5.54. The minimum Gasteiger partial charge on any atom is -0.468 e. The number of hydrogen-bond acceptors (Lipinski definition) is 4. The smallest absolute Gasteiger partial charge is 0.325 e. The molecule has 0 bridgehead atoms. The number of hydrogen-bond donors (Lipinski definition) is 1. The zero-order valence-electron chi connectivity index (χ0n) is 11.7. The second-order valence-electron chi connectivity index (χ2n) is 5.17. The standard InChI is InChI=1S/C15H19NO3/c1-10(16-15(2,3)14(17)18-4)13-9-11-7-5-6-8-12(11)19-13/h5-10,16H,1-4H3. The normalized spacial score (nSPS) is 13.5. The van der Waals surface area contributed by atoms with E-state index in [0.29, 0.717) is 0 Å². The summed E-state index contributed by atoms with van der Waals surface area (Å²) in [5.74, 6) is 0.508. The third-order valence-corrected chi connectivity index (χ3v) is 3.14. The molecule has 0 fully saturated rings. The predicted molar refractivity (Wildman–Crippen MR) is 73.9 cm³/mol.